The summed E-state index contributed by atoms with van der Waals surface area (Å²) in [6.45, 7) is 4.43. The monoisotopic (exact) mass is 227 g/mol. The van der Waals surface area contributed by atoms with Gasteiger partial charge in [0.25, 0.3) is 0 Å². The van der Waals surface area contributed by atoms with Gasteiger partial charge in [-0.25, -0.2) is 0 Å². The number of hydrogen-bond acceptors (Lipinski definition) is 2. The predicted octanol–water partition coefficient (Wildman–Crippen LogP) is 2.94. The minimum absolute atomic E-state index is 0.0830. The zero-order valence-electron chi connectivity index (χ0n) is 10.3. The summed E-state index contributed by atoms with van der Waals surface area (Å²) in [6, 6.07) is 11.1. The smallest absolute Gasteiger partial charge is 0.143 e. The zero-order valence-corrected chi connectivity index (χ0v) is 10.3. The zero-order chi connectivity index (χ0) is 11.9. The normalized spacial score (nSPS) is 16.1. The lowest BCUT2D eigenvalue weighted by Crippen LogP contribution is -2.24. The maximum Gasteiger partial charge on any atom is 0.143 e. The van der Waals surface area contributed by atoms with Gasteiger partial charge in [0.05, 0.1) is 0 Å². The molecule has 0 amide bonds. The van der Waals surface area contributed by atoms with Gasteiger partial charge in [0, 0.05) is 11.5 Å². The number of rotatable bonds is 3. The third kappa shape index (κ3) is 1.75. The maximum atomic E-state index is 4.34. The highest BCUT2D eigenvalue weighted by Gasteiger charge is 2.34. The minimum Gasteiger partial charge on any atom is -0.314 e. The van der Waals surface area contributed by atoms with Crippen molar-refractivity contribution < 1.29 is 0 Å². The topological polar surface area (TPSA) is 30.7 Å². The van der Waals surface area contributed by atoms with Crippen molar-refractivity contribution in [1.29, 1.82) is 0 Å². The molecule has 0 saturated heterocycles. The van der Waals surface area contributed by atoms with E-state index in [0.29, 0.717) is 6.04 Å². The summed E-state index contributed by atoms with van der Waals surface area (Å²) in [5.41, 5.74) is 1.20. The minimum atomic E-state index is -0.0830. The highest BCUT2D eigenvalue weighted by molar-refractivity contribution is 5.31. The van der Waals surface area contributed by atoms with E-state index in [0.717, 1.165) is 5.82 Å². The van der Waals surface area contributed by atoms with Crippen molar-refractivity contribution in [3.63, 3.8) is 0 Å². The average molecular weight is 227 g/mol. The van der Waals surface area contributed by atoms with Gasteiger partial charge in [-0.15, -0.1) is 10.2 Å². The van der Waals surface area contributed by atoms with Crippen LogP contribution in [0.4, 0.5) is 0 Å². The van der Waals surface area contributed by atoms with Crippen molar-refractivity contribution in [1.82, 2.24) is 14.8 Å². The Balaban J connectivity index is 2.04. The SMILES string of the molecule is CC(C)(c1ccccc1)c1nncn1C1CC1. The Morgan fingerprint density at radius 2 is 1.88 bits per heavy atom. The average Bonchev–Trinajstić information content (AvgIpc) is 3.07. The van der Waals surface area contributed by atoms with Gasteiger partial charge in [0.15, 0.2) is 0 Å². The van der Waals surface area contributed by atoms with E-state index in [-0.39, 0.29) is 5.41 Å². The largest absolute Gasteiger partial charge is 0.314 e. The molecule has 3 nitrogen and oxygen atoms in total. The first-order valence-electron chi connectivity index (χ1n) is 6.15. The Kier molecular flexibility index (Phi) is 2.28. The molecule has 1 heterocycles. The molecule has 0 N–H and O–H groups in total. The molecular weight excluding hydrogens is 210 g/mol. The Morgan fingerprint density at radius 3 is 2.53 bits per heavy atom. The van der Waals surface area contributed by atoms with E-state index in [1.54, 1.807) is 0 Å². The first-order valence-corrected chi connectivity index (χ1v) is 6.15. The highest BCUT2D eigenvalue weighted by atomic mass is 15.3. The molecule has 1 aliphatic carbocycles. The predicted molar refractivity (Wildman–Crippen MR) is 66.9 cm³/mol. The first kappa shape index (κ1) is 10.5. The fraction of sp³-hybridized carbons (Fsp3) is 0.429. The summed E-state index contributed by atoms with van der Waals surface area (Å²) in [6.07, 6.45) is 4.39. The van der Waals surface area contributed by atoms with E-state index < -0.39 is 0 Å². The fourth-order valence-electron chi connectivity index (χ4n) is 2.29. The highest BCUT2D eigenvalue weighted by Crippen LogP contribution is 2.39. The van der Waals surface area contributed by atoms with E-state index in [2.05, 4.69) is 52.9 Å². The molecule has 3 heteroatoms. The molecule has 1 aromatic carbocycles. The van der Waals surface area contributed by atoms with Crippen molar-refractivity contribution in [2.45, 2.75) is 38.1 Å². The maximum absolute atomic E-state index is 4.34. The van der Waals surface area contributed by atoms with Crippen LogP contribution >= 0.6 is 0 Å². The third-order valence-electron chi connectivity index (χ3n) is 3.57. The molecule has 1 aromatic heterocycles. The van der Waals surface area contributed by atoms with Gasteiger partial charge in [-0.05, 0) is 32.3 Å². The molecule has 0 radical (unpaired) electrons. The van der Waals surface area contributed by atoms with Gasteiger partial charge in [0.1, 0.15) is 12.2 Å². The molecule has 1 aliphatic rings. The van der Waals surface area contributed by atoms with Crippen LogP contribution in [0, 0.1) is 0 Å². The van der Waals surface area contributed by atoms with Gasteiger partial charge >= 0.3 is 0 Å². The Hall–Kier alpha value is -1.64. The van der Waals surface area contributed by atoms with Crippen LogP contribution in [-0.2, 0) is 5.41 Å². The van der Waals surface area contributed by atoms with Gasteiger partial charge in [-0.1, -0.05) is 30.3 Å². The lowest BCUT2D eigenvalue weighted by molar-refractivity contribution is 0.534. The molecule has 0 spiro atoms. The summed E-state index contributed by atoms with van der Waals surface area (Å²) >= 11 is 0. The lowest BCUT2D eigenvalue weighted by atomic mass is 9.83. The van der Waals surface area contributed by atoms with Crippen LogP contribution in [-0.4, -0.2) is 14.8 Å². The molecule has 88 valence electrons. The Morgan fingerprint density at radius 1 is 1.18 bits per heavy atom. The number of benzene rings is 1. The molecule has 3 rings (SSSR count). The van der Waals surface area contributed by atoms with Crippen LogP contribution < -0.4 is 0 Å². The number of nitrogens with zero attached hydrogens (tertiary/aromatic N) is 3. The third-order valence-corrected chi connectivity index (χ3v) is 3.57. The Bertz CT molecular complexity index is 509. The number of hydrogen-bond donors (Lipinski definition) is 0. The van der Waals surface area contributed by atoms with Gasteiger partial charge in [-0.3, -0.25) is 0 Å². The van der Waals surface area contributed by atoms with E-state index in [4.69, 9.17) is 0 Å². The van der Waals surface area contributed by atoms with Crippen LogP contribution in [0.3, 0.4) is 0 Å². The van der Waals surface area contributed by atoms with Crippen molar-refractivity contribution in [3.8, 4) is 0 Å². The molecule has 2 aromatic rings. The molecular formula is C14H17N3. The van der Waals surface area contributed by atoms with Crippen LogP contribution in [0.15, 0.2) is 36.7 Å². The van der Waals surface area contributed by atoms with Gasteiger partial charge < -0.3 is 4.57 Å². The molecule has 0 bridgehead atoms. The number of aromatic nitrogens is 3. The van der Waals surface area contributed by atoms with Crippen molar-refractivity contribution in [3.05, 3.63) is 48.0 Å². The van der Waals surface area contributed by atoms with Gasteiger partial charge in [-0.2, -0.15) is 0 Å². The molecule has 0 aliphatic heterocycles. The van der Waals surface area contributed by atoms with E-state index >= 15 is 0 Å². The van der Waals surface area contributed by atoms with Crippen molar-refractivity contribution >= 4 is 0 Å². The van der Waals surface area contributed by atoms with Crippen LogP contribution in [0.2, 0.25) is 0 Å². The standard InChI is InChI=1S/C14H17N3/c1-14(2,11-6-4-3-5-7-11)13-16-15-10-17(13)12-8-9-12/h3-7,10,12H,8-9H2,1-2H3. The second-order valence-electron chi connectivity index (χ2n) is 5.28. The fourth-order valence-corrected chi connectivity index (χ4v) is 2.29. The first-order chi connectivity index (χ1) is 8.19. The molecule has 0 atom stereocenters. The quantitative estimate of drug-likeness (QED) is 0.807. The van der Waals surface area contributed by atoms with E-state index in [1.165, 1.54) is 18.4 Å². The summed E-state index contributed by atoms with van der Waals surface area (Å²) in [5.74, 6) is 1.08. The summed E-state index contributed by atoms with van der Waals surface area (Å²) in [5, 5.41) is 8.43. The molecule has 1 fully saturated rings. The summed E-state index contributed by atoms with van der Waals surface area (Å²) in [4.78, 5) is 0. The van der Waals surface area contributed by atoms with Crippen molar-refractivity contribution in [2.75, 3.05) is 0 Å². The lowest BCUT2D eigenvalue weighted by Gasteiger charge is -2.24. The van der Waals surface area contributed by atoms with Crippen molar-refractivity contribution in [2.24, 2.45) is 0 Å². The van der Waals surface area contributed by atoms with E-state index in [9.17, 15) is 0 Å². The molecule has 1 saturated carbocycles. The second kappa shape index (κ2) is 3.69. The van der Waals surface area contributed by atoms with Crippen LogP contribution in [0.1, 0.15) is 44.1 Å². The summed E-state index contributed by atoms with van der Waals surface area (Å²) < 4.78 is 2.24. The van der Waals surface area contributed by atoms with E-state index in [1.807, 2.05) is 12.4 Å². The van der Waals surface area contributed by atoms with Gasteiger partial charge in [0.2, 0.25) is 0 Å². The molecule has 17 heavy (non-hydrogen) atoms. The Labute approximate surface area is 101 Å². The van der Waals surface area contributed by atoms with Crippen LogP contribution in [0.5, 0.6) is 0 Å². The second-order valence-corrected chi connectivity index (χ2v) is 5.28. The molecule has 0 unspecified atom stereocenters. The summed E-state index contributed by atoms with van der Waals surface area (Å²) in [7, 11) is 0. The van der Waals surface area contributed by atoms with Crippen LogP contribution in [0.25, 0.3) is 0 Å².